The summed E-state index contributed by atoms with van der Waals surface area (Å²) < 4.78 is 0. The van der Waals surface area contributed by atoms with Crippen LogP contribution in [0.4, 0.5) is 0 Å². The number of Topliss-reactive ketones (excluding diaryl/α,β-unsaturated/α-hetero) is 1. The number of aliphatic hydroxyl groups excluding tert-OH is 1. The highest BCUT2D eigenvalue weighted by molar-refractivity contribution is 5.82. The van der Waals surface area contributed by atoms with E-state index in [1.165, 1.54) is 0 Å². The van der Waals surface area contributed by atoms with Crippen molar-refractivity contribution in [1.82, 2.24) is 4.90 Å². The maximum Gasteiger partial charge on any atom is 0.149 e. The van der Waals surface area contributed by atoms with Crippen LogP contribution in [0.2, 0.25) is 0 Å². The number of hydrogen-bond donors (Lipinski definition) is 1. The molecule has 0 heterocycles. The Balaban J connectivity index is 3.77. The van der Waals surface area contributed by atoms with Gasteiger partial charge in [-0.25, -0.2) is 0 Å². The Morgan fingerprint density at radius 2 is 2.08 bits per heavy atom. The largest absolute Gasteiger partial charge is 0.395 e. The molecule has 0 aromatic heterocycles. The quantitative estimate of drug-likeness (QED) is 0.637. The predicted molar refractivity (Wildman–Crippen MR) is 49.0 cm³/mol. The number of hydrogen-bond acceptors (Lipinski definition) is 3. The molecule has 0 unspecified atom stereocenters. The summed E-state index contributed by atoms with van der Waals surface area (Å²) in [6.45, 7) is 7.79. The molecule has 0 rings (SSSR count). The normalized spacial score (nSPS) is 11.2. The van der Waals surface area contributed by atoms with Crippen molar-refractivity contribution >= 4 is 5.78 Å². The van der Waals surface area contributed by atoms with Gasteiger partial charge in [-0.15, -0.1) is 0 Å². The molecule has 0 saturated carbocycles. The molecule has 0 bridgehead atoms. The molecule has 0 aliphatic heterocycles. The first kappa shape index (κ1) is 11.6. The van der Waals surface area contributed by atoms with Crippen molar-refractivity contribution in [3.05, 3.63) is 0 Å². The summed E-state index contributed by atoms with van der Waals surface area (Å²) in [5.41, 5.74) is 0. The van der Waals surface area contributed by atoms with E-state index >= 15 is 0 Å². The number of nitrogens with zero attached hydrogens (tertiary/aromatic N) is 1. The summed E-state index contributed by atoms with van der Waals surface area (Å²) in [6.07, 6.45) is 0. The number of aliphatic hydroxyl groups is 1. The highest BCUT2D eigenvalue weighted by Crippen LogP contribution is 1.97. The van der Waals surface area contributed by atoms with Crippen LogP contribution in [0.15, 0.2) is 0 Å². The van der Waals surface area contributed by atoms with E-state index in [0.29, 0.717) is 13.1 Å². The van der Waals surface area contributed by atoms with Crippen LogP contribution >= 0.6 is 0 Å². The molecule has 0 aromatic rings. The molecule has 0 aliphatic rings. The highest BCUT2D eigenvalue weighted by Gasteiger charge is 2.11. The minimum atomic E-state index is 0.0951. The van der Waals surface area contributed by atoms with Gasteiger partial charge in [0.2, 0.25) is 0 Å². The lowest BCUT2D eigenvalue weighted by Crippen LogP contribution is -2.33. The lowest BCUT2D eigenvalue weighted by molar-refractivity contribution is -0.123. The van der Waals surface area contributed by atoms with Crippen molar-refractivity contribution in [3.63, 3.8) is 0 Å². The monoisotopic (exact) mass is 173 g/mol. The first-order valence-corrected chi connectivity index (χ1v) is 4.47. The van der Waals surface area contributed by atoms with Gasteiger partial charge < -0.3 is 5.11 Å². The van der Waals surface area contributed by atoms with Gasteiger partial charge in [0.15, 0.2) is 0 Å². The second-order valence-electron chi connectivity index (χ2n) is 3.21. The molecule has 0 spiro atoms. The molecule has 3 heteroatoms. The Bertz CT molecular complexity index is 134. The van der Waals surface area contributed by atoms with Crippen molar-refractivity contribution in [2.45, 2.75) is 20.8 Å². The third-order valence-corrected chi connectivity index (χ3v) is 1.89. The van der Waals surface area contributed by atoms with Gasteiger partial charge in [0.25, 0.3) is 0 Å². The number of carbonyl (C=O) groups is 1. The van der Waals surface area contributed by atoms with E-state index in [9.17, 15) is 4.79 Å². The zero-order valence-electron chi connectivity index (χ0n) is 8.21. The van der Waals surface area contributed by atoms with Gasteiger partial charge in [-0.2, -0.15) is 0 Å². The molecule has 0 aromatic carbocycles. The summed E-state index contributed by atoms with van der Waals surface area (Å²) >= 11 is 0. The smallest absolute Gasteiger partial charge is 0.149 e. The van der Waals surface area contributed by atoms with Gasteiger partial charge in [0, 0.05) is 12.5 Å². The molecule has 3 nitrogen and oxygen atoms in total. The molecule has 0 saturated heterocycles. The van der Waals surface area contributed by atoms with Crippen LogP contribution in [0.25, 0.3) is 0 Å². The second kappa shape index (κ2) is 6.14. The van der Waals surface area contributed by atoms with Gasteiger partial charge in [-0.1, -0.05) is 20.8 Å². The van der Waals surface area contributed by atoms with E-state index in [-0.39, 0.29) is 18.3 Å². The van der Waals surface area contributed by atoms with E-state index in [1.54, 1.807) is 0 Å². The van der Waals surface area contributed by atoms with Gasteiger partial charge in [-0.3, -0.25) is 9.69 Å². The van der Waals surface area contributed by atoms with Crippen LogP contribution in [0.5, 0.6) is 0 Å². The minimum Gasteiger partial charge on any atom is -0.395 e. The Labute approximate surface area is 74.4 Å². The molecule has 0 amide bonds. The molecule has 12 heavy (non-hydrogen) atoms. The Morgan fingerprint density at radius 1 is 1.50 bits per heavy atom. The first-order chi connectivity index (χ1) is 5.61. The van der Waals surface area contributed by atoms with Crippen molar-refractivity contribution in [1.29, 1.82) is 0 Å². The Hall–Kier alpha value is -0.410. The van der Waals surface area contributed by atoms with Crippen molar-refractivity contribution in [2.24, 2.45) is 5.92 Å². The fourth-order valence-electron chi connectivity index (χ4n) is 0.893. The molecular formula is C9H19NO2. The van der Waals surface area contributed by atoms with Crippen LogP contribution in [-0.4, -0.2) is 42.0 Å². The topological polar surface area (TPSA) is 40.5 Å². The van der Waals surface area contributed by atoms with Crippen LogP contribution in [-0.2, 0) is 4.79 Å². The maximum absolute atomic E-state index is 11.3. The third-order valence-electron chi connectivity index (χ3n) is 1.89. The number of ketones is 1. The van der Waals surface area contributed by atoms with Crippen LogP contribution < -0.4 is 0 Å². The molecule has 0 aliphatic carbocycles. The van der Waals surface area contributed by atoms with E-state index in [4.69, 9.17) is 5.11 Å². The summed E-state index contributed by atoms with van der Waals surface area (Å²) in [7, 11) is 0. The van der Waals surface area contributed by atoms with Gasteiger partial charge >= 0.3 is 0 Å². The van der Waals surface area contributed by atoms with E-state index in [0.717, 1.165) is 6.54 Å². The van der Waals surface area contributed by atoms with Gasteiger partial charge in [0.1, 0.15) is 5.78 Å². The lowest BCUT2D eigenvalue weighted by Gasteiger charge is -2.18. The second-order valence-corrected chi connectivity index (χ2v) is 3.21. The Kier molecular flexibility index (Phi) is 5.93. The molecular weight excluding hydrogens is 154 g/mol. The van der Waals surface area contributed by atoms with Crippen molar-refractivity contribution < 1.29 is 9.90 Å². The average molecular weight is 173 g/mol. The first-order valence-electron chi connectivity index (χ1n) is 4.47. The predicted octanol–water partition coefficient (Wildman–Crippen LogP) is 0.526. The lowest BCUT2D eigenvalue weighted by atomic mass is 10.1. The molecule has 1 N–H and O–H groups in total. The molecule has 72 valence electrons. The number of rotatable bonds is 6. The molecule has 0 atom stereocenters. The van der Waals surface area contributed by atoms with E-state index in [1.807, 2.05) is 25.7 Å². The Morgan fingerprint density at radius 3 is 2.42 bits per heavy atom. The van der Waals surface area contributed by atoms with Crippen LogP contribution in [0.3, 0.4) is 0 Å². The number of likely N-dealkylation sites (N-methyl/N-ethyl adjacent to an activating group) is 1. The van der Waals surface area contributed by atoms with Crippen molar-refractivity contribution in [3.8, 4) is 0 Å². The fourth-order valence-corrected chi connectivity index (χ4v) is 0.893. The summed E-state index contributed by atoms with van der Waals surface area (Å²) in [5.74, 6) is 0.336. The van der Waals surface area contributed by atoms with Crippen LogP contribution in [0, 0.1) is 5.92 Å². The van der Waals surface area contributed by atoms with E-state index in [2.05, 4.69) is 0 Å². The van der Waals surface area contributed by atoms with E-state index < -0.39 is 0 Å². The zero-order chi connectivity index (χ0) is 9.56. The molecule has 0 radical (unpaired) electrons. The van der Waals surface area contributed by atoms with Crippen molar-refractivity contribution in [2.75, 3.05) is 26.2 Å². The summed E-state index contributed by atoms with van der Waals surface area (Å²) in [5, 5.41) is 8.67. The standard InChI is InChI=1S/C9H19NO2/c1-4-10(5-6-11)7-9(12)8(2)3/h8,11H,4-7H2,1-3H3. The van der Waals surface area contributed by atoms with Gasteiger partial charge in [-0.05, 0) is 6.54 Å². The third kappa shape index (κ3) is 4.46. The molecule has 0 fully saturated rings. The fraction of sp³-hybridized carbons (Fsp3) is 0.889. The summed E-state index contributed by atoms with van der Waals surface area (Å²) in [6, 6.07) is 0. The van der Waals surface area contributed by atoms with Gasteiger partial charge in [0.05, 0.1) is 13.2 Å². The minimum absolute atomic E-state index is 0.0951. The average Bonchev–Trinajstić information content (AvgIpc) is 2.03. The SMILES string of the molecule is CCN(CCO)CC(=O)C(C)C. The zero-order valence-corrected chi connectivity index (χ0v) is 8.21. The van der Waals surface area contributed by atoms with Crippen LogP contribution in [0.1, 0.15) is 20.8 Å². The maximum atomic E-state index is 11.3. The summed E-state index contributed by atoms with van der Waals surface area (Å²) in [4.78, 5) is 13.2. The number of carbonyl (C=O) groups excluding carboxylic acids is 1. The highest BCUT2D eigenvalue weighted by atomic mass is 16.3.